The van der Waals surface area contributed by atoms with Crippen molar-refractivity contribution >= 4 is 17.3 Å². The van der Waals surface area contributed by atoms with Gasteiger partial charge in [-0.05, 0) is 54.8 Å². The van der Waals surface area contributed by atoms with Gasteiger partial charge in [0.25, 0.3) is 0 Å². The van der Waals surface area contributed by atoms with E-state index in [-0.39, 0.29) is 11.9 Å². The van der Waals surface area contributed by atoms with Crippen LogP contribution >= 0.6 is 0 Å². The van der Waals surface area contributed by atoms with Gasteiger partial charge in [0.05, 0.1) is 17.9 Å². The van der Waals surface area contributed by atoms with E-state index in [0.717, 1.165) is 22.5 Å². The summed E-state index contributed by atoms with van der Waals surface area (Å²) < 4.78 is 5.57. The average molecular weight is 360 g/mol. The summed E-state index contributed by atoms with van der Waals surface area (Å²) in [7, 11) is 0. The van der Waals surface area contributed by atoms with Gasteiger partial charge in [0, 0.05) is 24.0 Å². The van der Waals surface area contributed by atoms with E-state index in [1.807, 2.05) is 49.4 Å². The maximum absolute atomic E-state index is 12.7. The normalized spacial score (nSPS) is 11.7. The summed E-state index contributed by atoms with van der Waals surface area (Å²) in [6.07, 6.45) is 3.53. The van der Waals surface area contributed by atoms with Crippen molar-refractivity contribution in [3.63, 3.8) is 0 Å². The number of nitrogens with one attached hydrogen (secondary N) is 1. The van der Waals surface area contributed by atoms with Crippen molar-refractivity contribution in [2.24, 2.45) is 0 Å². The Labute approximate surface area is 160 Å². The first-order valence-electron chi connectivity index (χ1n) is 9.05. The molecule has 1 heterocycles. The van der Waals surface area contributed by atoms with E-state index < -0.39 is 0 Å². The Hall–Kier alpha value is -3.14. The molecule has 0 bridgehead atoms. The fraction of sp³-hybridized carbons (Fsp3) is 0.217. The molecule has 0 amide bonds. The summed E-state index contributed by atoms with van der Waals surface area (Å²) in [6, 6.07) is 17.4. The minimum absolute atomic E-state index is 0.0850. The number of para-hydroxylation sites is 1. The van der Waals surface area contributed by atoms with Crippen LogP contribution in [-0.4, -0.2) is 17.6 Å². The van der Waals surface area contributed by atoms with Gasteiger partial charge in [0.1, 0.15) is 0 Å². The smallest absolute Gasteiger partial charge is 0.340 e. The van der Waals surface area contributed by atoms with Crippen LogP contribution in [0, 0.1) is 13.8 Å². The zero-order chi connectivity index (χ0) is 19.2. The summed E-state index contributed by atoms with van der Waals surface area (Å²) in [6.45, 7) is 6.46. The summed E-state index contributed by atoms with van der Waals surface area (Å²) in [5.74, 6) is -0.249. The first-order valence-corrected chi connectivity index (χ1v) is 9.05. The fourth-order valence-electron chi connectivity index (χ4n) is 2.84. The van der Waals surface area contributed by atoms with Crippen molar-refractivity contribution in [2.45, 2.75) is 26.7 Å². The number of carbonyl (C=O) groups is 1. The van der Waals surface area contributed by atoms with Crippen LogP contribution in [0.4, 0.5) is 11.4 Å². The number of aryl methyl sites for hydroxylation is 1. The molecular weight excluding hydrogens is 336 g/mol. The monoisotopic (exact) mass is 360 g/mol. The molecule has 0 radical (unpaired) electrons. The number of carbonyl (C=O) groups excluding carboxylic acids is 1. The van der Waals surface area contributed by atoms with Gasteiger partial charge in [-0.3, -0.25) is 4.98 Å². The fourth-order valence-corrected chi connectivity index (χ4v) is 2.84. The number of nitrogens with zero attached hydrogens (tertiary/aromatic N) is 1. The molecule has 3 aromatic rings. The van der Waals surface area contributed by atoms with Gasteiger partial charge in [-0.15, -0.1) is 0 Å². The lowest BCUT2D eigenvalue weighted by Crippen LogP contribution is -2.13. The molecule has 0 saturated carbocycles. The van der Waals surface area contributed by atoms with Gasteiger partial charge in [-0.2, -0.15) is 0 Å². The maximum Gasteiger partial charge on any atom is 0.340 e. The SMILES string of the molecule is Cc1cccc(Nc2ccccc2C(=O)OCC(C)c2cccnc2)c1C. The number of esters is 1. The Kier molecular flexibility index (Phi) is 5.87. The van der Waals surface area contributed by atoms with Crippen molar-refractivity contribution in [3.05, 3.63) is 89.2 Å². The largest absolute Gasteiger partial charge is 0.461 e. The number of hydrogen-bond donors (Lipinski definition) is 1. The molecule has 3 rings (SSSR count). The van der Waals surface area contributed by atoms with Crippen molar-refractivity contribution in [2.75, 3.05) is 11.9 Å². The molecule has 0 aliphatic carbocycles. The number of aromatic nitrogens is 1. The van der Waals surface area contributed by atoms with Crippen molar-refractivity contribution in [1.82, 2.24) is 4.98 Å². The summed E-state index contributed by atoms with van der Waals surface area (Å²) in [4.78, 5) is 16.8. The number of ether oxygens (including phenoxy) is 1. The first-order chi connectivity index (χ1) is 13.1. The Bertz CT molecular complexity index is 923. The molecule has 27 heavy (non-hydrogen) atoms. The Morgan fingerprint density at radius 2 is 1.81 bits per heavy atom. The molecule has 0 aliphatic heterocycles. The second kappa shape index (κ2) is 8.49. The van der Waals surface area contributed by atoms with Crippen LogP contribution < -0.4 is 5.32 Å². The van der Waals surface area contributed by atoms with Crippen LogP contribution in [0.2, 0.25) is 0 Å². The molecule has 0 aliphatic rings. The lowest BCUT2D eigenvalue weighted by molar-refractivity contribution is 0.0486. The van der Waals surface area contributed by atoms with Crippen LogP contribution in [0.5, 0.6) is 0 Å². The molecule has 4 heteroatoms. The van der Waals surface area contributed by atoms with Crippen molar-refractivity contribution in [1.29, 1.82) is 0 Å². The standard InChI is InChI=1S/C23H24N2O2/c1-16-8-6-12-21(18(16)3)25-22-11-5-4-10-20(22)23(26)27-15-17(2)19-9-7-13-24-14-19/h4-14,17,25H,15H2,1-3H3. The van der Waals surface area contributed by atoms with Crippen LogP contribution in [0.25, 0.3) is 0 Å². The molecule has 4 nitrogen and oxygen atoms in total. The third-order valence-corrected chi connectivity index (χ3v) is 4.74. The zero-order valence-corrected chi connectivity index (χ0v) is 15.9. The summed E-state index contributed by atoms with van der Waals surface area (Å²) >= 11 is 0. The van der Waals surface area contributed by atoms with Gasteiger partial charge < -0.3 is 10.1 Å². The topological polar surface area (TPSA) is 51.2 Å². The van der Waals surface area contributed by atoms with Gasteiger partial charge in [-0.25, -0.2) is 4.79 Å². The lowest BCUT2D eigenvalue weighted by Gasteiger charge is -2.16. The third-order valence-electron chi connectivity index (χ3n) is 4.74. The third kappa shape index (κ3) is 4.53. The summed E-state index contributed by atoms with van der Waals surface area (Å²) in [5, 5.41) is 3.37. The molecule has 0 fully saturated rings. The first kappa shape index (κ1) is 18.6. The van der Waals surface area contributed by atoms with E-state index in [9.17, 15) is 4.79 Å². The minimum Gasteiger partial charge on any atom is -0.461 e. The van der Waals surface area contributed by atoms with E-state index in [1.54, 1.807) is 18.5 Å². The minimum atomic E-state index is -0.334. The molecule has 1 N–H and O–H groups in total. The quantitative estimate of drug-likeness (QED) is 0.598. The van der Waals surface area contributed by atoms with Gasteiger partial charge >= 0.3 is 5.97 Å². The summed E-state index contributed by atoms with van der Waals surface area (Å²) in [5.41, 5.74) is 5.66. The second-order valence-corrected chi connectivity index (χ2v) is 6.70. The van der Waals surface area contributed by atoms with Crippen molar-refractivity contribution < 1.29 is 9.53 Å². The lowest BCUT2D eigenvalue weighted by atomic mass is 10.0. The zero-order valence-electron chi connectivity index (χ0n) is 15.9. The van der Waals surface area contributed by atoms with Crippen LogP contribution in [0.1, 0.15) is 39.9 Å². The molecule has 1 aromatic heterocycles. The second-order valence-electron chi connectivity index (χ2n) is 6.70. The molecular formula is C23H24N2O2. The van der Waals surface area contributed by atoms with Crippen LogP contribution in [0.15, 0.2) is 67.0 Å². The number of rotatable bonds is 6. The highest BCUT2D eigenvalue weighted by molar-refractivity contribution is 5.96. The van der Waals surface area contributed by atoms with Gasteiger partial charge in [0.15, 0.2) is 0 Å². The van der Waals surface area contributed by atoms with Gasteiger partial charge in [0.2, 0.25) is 0 Å². The van der Waals surface area contributed by atoms with E-state index in [2.05, 4.69) is 30.2 Å². The highest BCUT2D eigenvalue weighted by atomic mass is 16.5. The predicted octanol–water partition coefficient (Wildman–Crippen LogP) is 5.40. The molecule has 2 aromatic carbocycles. The molecule has 1 atom stereocenters. The van der Waals surface area contributed by atoms with Crippen molar-refractivity contribution in [3.8, 4) is 0 Å². The number of benzene rings is 2. The highest BCUT2D eigenvalue weighted by Crippen LogP contribution is 2.26. The van der Waals surface area contributed by atoms with Crippen LogP contribution in [0.3, 0.4) is 0 Å². The average Bonchev–Trinajstić information content (AvgIpc) is 2.70. The number of hydrogen-bond acceptors (Lipinski definition) is 4. The molecule has 1 unspecified atom stereocenters. The molecule has 0 spiro atoms. The van der Waals surface area contributed by atoms with Crippen LogP contribution in [-0.2, 0) is 4.74 Å². The Balaban J connectivity index is 1.73. The van der Waals surface area contributed by atoms with E-state index in [1.165, 1.54) is 5.56 Å². The molecule has 0 saturated heterocycles. The van der Waals surface area contributed by atoms with E-state index in [0.29, 0.717) is 12.2 Å². The van der Waals surface area contributed by atoms with Gasteiger partial charge in [-0.1, -0.05) is 37.3 Å². The van der Waals surface area contributed by atoms with E-state index >= 15 is 0 Å². The Morgan fingerprint density at radius 3 is 2.59 bits per heavy atom. The number of pyridine rings is 1. The maximum atomic E-state index is 12.7. The molecule has 138 valence electrons. The van der Waals surface area contributed by atoms with E-state index in [4.69, 9.17) is 4.74 Å². The highest BCUT2D eigenvalue weighted by Gasteiger charge is 2.15. The number of anilines is 2. The Morgan fingerprint density at radius 1 is 1.04 bits per heavy atom. The predicted molar refractivity (Wildman–Crippen MR) is 109 cm³/mol.